The number of benzene rings is 1. The van der Waals surface area contributed by atoms with Gasteiger partial charge in [-0.25, -0.2) is 8.78 Å². The van der Waals surface area contributed by atoms with Crippen molar-refractivity contribution in [3.8, 4) is 6.07 Å². The van der Waals surface area contributed by atoms with Gasteiger partial charge in [0.1, 0.15) is 23.3 Å². The predicted octanol–water partition coefficient (Wildman–Crippen LogP) is 7.11. The third-order valence-corrected chi connectivity index (χ3v) is 6.84. The van der Waals surface area contributed by atoms with Crippen LogP contribution in [0.3, 0.4) is 0 Å². The van der Waals surface area contributed by atoms with E-state index >= 15 is 0 Å². The Hall–Kier alpha value is -1.43. The molecule has 1 aromatic rings. The molecule has 1 aromatic carbocycles. The summed E-state index contributed by atoms with van der Waals surface area (Å²) in [7, 11) is 0. The molecule has 0 aliphatic heterocycles. The molecular weight excluding hydrogens is 328 g/mol. The summed E-state index contributed by atoms with van der Waals surface area (Å²) >= 11 is 0. The molecule has 0 aromatic heterocycles. The highest BCUT2D eigenvalue weighted by Crippen LogP contribution is 2.48. The Labute approximate surface area is 156 Å². The molecule has 2 aliphatic carbocycles. The third kappa shape index (κ3) is 4.45. The minimum Gasteiger partial charge on any atom is -0.205 e. The molecule has 0 N–H and O–H groups in total. The summed E-state index contributed by atoms with van der Waals surface area (Å²) in [5.74, 6) is 1.25. The van der Waals surface area contributed by atoms with Crippen LogP contribution in [0.2, 0.25) is 0 Å². The number of halogens is 2. The van der Waals surface area contributed by atoms with E-state index in [0.29, 0.717) is 5.92 Å². The summed E-state index contributed by atoms with van der Waals surface area (Å²) in [6.07, 6.45) is 14.0. The van der Waals surface area contributed by atoms with Crippen molar-refractivity contribution in [2.45, 2.75) is 83.5 Å². The lowest BCUT2D eigenvalue weighted by atomic mass is 9.63. The Bertz CT molecular complexity index is 625. The number of nitrogens with zero attached hydrogens (tertiary/aromatic N) is 1. The zero-order chi connectivity index (χ0) is 18.5. The third-order valence-electron chi connectivity index (χ3n) is 6.84. The van der Waals surface area contributed by atoms with Crippen molar-refractivity contribution in [1.29, 1.82) is 5.26 Å². The van der Waals surface area contributed by atoms with E-state index in [2.05, 4.69) is 6.92 Å². The van der Waals surface area contributed by atoms with Gasteiger partial charge in [0.15, 0.2) is 0 Å². The van der Waals surface area contributed by atoms with Crippen molar-refractivity contribution >= 4 is 0 Å². The standard InChI is InChI=1S/C23H31F2N/c1-2-3-4-5-6-16-7-8-18-12-19(10-9-17(18)11-16)20-13-22(24)21(15-26)23(25)14-20/h13-14,16-19H,2-12H2,1H3. The van der Waals surface area contributed by atoms with Crippen LogP contribution in [0.4, 0.5) is 8.78 Å². The average Bonchev–Trinajstić information content (AvgIpc) is 2.64. The number of hydrogen-bond acceptors (Lipinski definition) is 1. The molecule has 2 saturated carbocycles. The smallest absolute Gasteiger partial charge is 0.144 e. The largest absolute Gasteiger partial charge is 0.205 e. The number of rotatable bonds is 6. The van der Waals surface area contributed by atoms with E-state index in [-0.39, 0.29) is 5.92 Å². The summed E-state index contributed by atoms with van der Waals surface area (Å²) < 4.78 is 27.9. The van der Waals surface area contributed by atoms with Crippen LogP contribution in [0.1, 0.15) is 94.6 Å². The molecular formula is C23H31F2N. The summed E-state index contributed by atoms with van der Waals surface area (Å²) in [6.45, 7) is 2.26. The summed E-state index contributed by atoms with van der Waals surface area (Å²) in [5.41, 5.74) is 0.296. The highest BCUT2D eigenvalue weighted by atomic mass is 19.1. The van der Waals surface area contributed by atoms with Gasteiger partial charge in [-0.1, -0.05) is 45.4 Å². The molecule has 4 atom stereocenters. The van der Waals surface area contributed by atoms with Gasteiger partial charge in [-0.05, 0) is 73.5 Å². The zero-order valence-electron chi connectivity index (χ0n) is 15.9. The molecule has 1 nitrogen and oxygen atoms in total. The molecule has 0 heterocycles. The van der Waals surface area contributed by atoms with Gasteiger partial charge in [0.25, 0.3) is 0 Å². The Morgan fingerprint density at radius 2 is 1.65 bits per heavy atom. The Kier molecular flexibility index (Phi) is 6.68. The van der Waals surface area contributed by atoms with E-state index in [1.54, 1.807) is 6.07 Å². The van der Waals surface area contributed by atoms with E-state index < -0.39 is 17.2 Å². The first-order chi connectivity index (χ1) is 12.6. The molecule has 4 unspecified atom stereocenters. The number of fused-ring (bicyclic) bond motifs is 1. The number of unbranched alkanes of at least 4 members (excludes halogenated alkanes) is 3. The molecule has 26 heavy (non-hydrogen) atoms. The summed E-state index contributed by atoms with van der Waals surface area (Å²) in [4.78, 5) is 0. The molecule has 3 rings (SSSR count). The maximum absolute atomic E-state index is 14.0. The number of hydrogen-bond donors (Lipinski definition) is 0. The average molecular weight is 360 g/mol. The predicted molar refractivity (Wildman–Crippen MR) is 101 cm³/mol. The first kappa shape index (κ1) is 19.3. The van der Waals surface area contributed by atoms with Crippen LogP contribution in [0.25, 0.3) is 0 Å². The van der Waals surface area contributed by atoms with Gasteiger partial charge in [0.2, 0.25) is 0 Å². The lowest BCUT2D eigenvalue weighted by Crippen LogP contribution is -2.30. The first-order valence-electron chi connectivity index (χ1n) is 10.5. The first-order valence-corrected chi connectivity index (χ1v) is 10.5. The van der Waals surface area contributed by atoms with Gasteiger partial charge in [0.05, 0.1) is 0 Å². The van der Waals surface area contributed by atoms with E-state index in [0.717, 1.165) is 30.2 Å². The second-order valence-corrected chi connectivity index (χ2v) is 8.53. The van der Waals surface area contributed by atoms with Crippen molar-refractivity contribution in [3.05, 3.63) is 34.9 Å². The summed E-state index contributed by atoms with van der Waals surface area (Å²) in [5, 5.41) is 8.84. The molecule has 0 saturated heterocycles. The highest BCUT2D eigenvalue weighted by molar-refractivity contribution is 5.36. The topological polar surface area (TPSA) is 23.8 Å². The van der Waals surface area contributed by atoms with Gasteiger partial charge >= 0.3 is 0 Å². The quantitative estimate of drug-likeness (QED) is 0.497. The van der Waals surface area contributed by atoms with Crippen molar-refractivity contribution < 1.29 is 8.78 Å². The molecule has 0 amide bonds. The second kappa shape index (κ2) is 8.98. The SMILES string of the molecule is CCCCCCC1CCC2CC(c3cc(F)c(C#N)c(F)c3)CCC2C1. The fraction of sp³-hybridized carbons (Fsp3) is 0.696. The molecule has 2 aliphatic rings. The molecule has 0 bridgehead atoms. The summed E-state index contributed by atoms with van der Waals surface area (Å²) in [6, 6.07) is 4.41. The van der Waals surface area contributed by atoms with Gasteiger partial charge in [0, 0.05) is 0 Å². The maximum atomic E-state index is 14.0. The minimum absolute atomic E-state index is 0.245. The molecule has 0 radical (unpaired) electrons. The van der Waals surface area contributed by atoms with Crippen LogP contribution >= 0.6 is 0 Å². The van der Waals surface area contributed by atoms with Crippen LogP contribution in [-0.4, -0.2) is 0 Å². The lowest BCUT2D eigenvalue weighted by molar-refractivity contribution is 0.113. The van der Waals surface area contributed by atoms with E-state index in [1.165, 1.54) is 69.9 Å². The van der Waals surface area contributed by atoms with E-state index in [4.69, 9.17) is 5.26 Å². The Morgan fingerprint density at radius 3 is 2.35 bits per heavy atom. The van der Waals surface area contributed by atoms with Crippen molar-refractivity contribution in [3.63, 3.8) is 0 Å². The fourth-order valence-electron chi connectivity index (χ4n) is 5.35. The van der Waals surface area contributed by atoms with Crippen LogP contribution in [0.5, 0.6) is 0 Å². The van der Waals surface area contributed by atoms with Gasteiger partial charge < -0.3 is 0 Å². The Balaban J connectivity index is 1.56. The zero-order valence-corrected chi connectivity index (χ0v) is 15.9. The van der Waals surface area contributed by atoms with E-state index in [9.17, 15) is 8.78 Å². The lowest BCUT2D eigenvalue weighted by Gasteiger charge is -2.42. The number of nitriles is 1. The molecule has 0 spiro atoms. The molecule has 2 fully saturated rings. The molecule has 3 heteroatoms. The van der Waals surface area contributed by atoms with Gasteiger partial charge in [-0.3, -0.25) is 0 Å². The van der Waals surface area contributed by atoms with Crippen LogP contribution in [-0.2, 0) is 0 Å². The van der Waals surface area contributed by atoms with Crippen molar-refractivity contribution in [1.82, 2.24) is 0 Å². The van der Waals surface area contributed by atoms with E-state index in [1.807, 2.05) is 0 Å². The van der Waals surface area contributed by atoms with Crippen LogP contribution in [0, 0.1) is 40.7 Å². The monoisotopic (exact) mass is 359 g/mol. The fourth-order valence-corrected chi connectivity index (χ4v) is 5.35. The van der Waals surface area contributed by atoms with Crippen molar-refractivity contribution in [2.24, 2.45) is 17.8 Å². The maximum Gasteiger partial charge on any atom is 0.144 e. The van der Waals surface area contributed by atoms with Crippen molar-refractivity contribution in [2.75, 3.05) is 0 Å². The van der Waals surface area contributed by atoms with Crippen LogP contribution < -0.4 is 0 Å². The van der Waals surface area contributed by atoms with Gasteiger partial charge in [-0.2, -0.15) is 5.26 Å². The highest BCUT2D eigenvalue weighted by Gasteiger charge is 2.36. The van der Waals surface area contributed by atoms with Crippen LogP contribution in [0.15, 0.2) is 12.1 Å². The minimum atomic E-state index is -0.708. The van der Waals surface area contributed by atoms with Gasteiger partial charge in [-0.15, -0.1) is 0 Å². The Morgan fingerprint density at radius 1 is 0.962 bits per heavy atom. The second-order valence-electron chi connectivity index (χ2n) is 8.53. The normalized spacial score (nSPS) is 28.4. The molecule has 142 valence electrons.